The summed E-state index contributed by atoms with van der Waals surface area (Å²) in [7, 11) is 3.29. The van der Waals surface area contributed by atoms with Crippen LogP contribution < -0.4 is 10.4 Å². The van der Waals surface area contributed by atoms with Crippen LogP contribution >= 0.6 is 0 Å². The summed E-state index contributed by atoms with van der Waals surface area (Å²) < 4.78 is 8.39. The molecule has 0 aliphatic heterocycles. The van der Waals surface area contributed by atoms with Gasteiger partial charge in [-0.05, 0) is 60.9 Å². The Morgan fingerprint density at radius 2 is 1.66 bits per heavy atom. The Balaban J connectivity index is 1.81. The van der Waals surface area contributed by atoms with Gasteiger partial charge >= 0.3 is 5.69 Å². The number of nitriles is 1. The lowest BCUT2D eigenvalue weighted by Crippen LogP contribution is -2.21. The van der Waals surface area contributed by atoms with E-state index >= 15 is 0 Å². The molecule has 7 heteroatoms. The highest BCUT2D eigenvalue weighted by molar-refractivity contribution is 5.70. The van der Waals surface area contributed by atoms with E-state index in [2.05, 4.69) is 16.0 Å². The first kappa shape index (κ1) is 21.1. The highest BCUT2D eigenvalue weighted by Gasteiger charge is 2.20. The number of benzene rings is 1. The number of methoxy groups -OCH3 is 1. The molecule has 0 aliphatic carbocycles. The van der Waals surface area contributed by atoms with Crippen LogP contribution in [0, 0.1) is 11.3 Å². The lowest BCUT2D eigenvalue weighted by atomic mass is 9.86. The topological polar surface area (TPSA) is 85.7 Å². The van der Waals surface area contributed by atoms with E-state index in [9.17, 15) is 10.1 Å². The second-order valence-electron chi connectivity index (χ2n) is 8.04. The normalized spacial score (nSPS) is 11.2. The Hall–Kier alpha value is -4.18. The van der Waals surface area contributed by atoms with Crippen molar-refractivity contribution in [1.29, 1.82) is 5.26 Å². The molecule has 1 aromatic carbocycles. The van der Waals surface area contributed by atoms with Crippen molar-refractivity contribution < 1.29 is 4.74 Å². The molecule has 0 atom stereocenters. The summed E-state index contributed by atoms with van der Waals surface area (Å²) in [6.45, 7) is 3.73. The van der Waals surface area contributed by atoms with Crippen molar-refractivity contribution in [1.82, 2.24) is 19.1 Å². The van der Waals surface area contributed by atoms with Gasteiger partial charge in [0.2, 0.25) is 5.88 Å². The summed E-state index contributed by atoms with van der Waals surface area (Å²) in [6, 6.07) is 17.4. The molecule has 0 fully saturated rings. The van der Waals surface area contributed by atoms with Gasteiger partial charge in [-0.3, -0.25) is 9.55 Å². The molecule has 0 N–H and O–H groups in total. The van der Waals surface area contributed by atoms with Crippen molar-refractivity contribution in [3.05, 3.63) is 83.2 Å². The number of hydrogen-bond donors (Lipinski definition) is 0. The summed E-state index contributed by atoms with van der Waals surface area (Å²) in [5, 5.41) is 9.40. The maximum Gasteiger partial charge on any atom is 0.333 e. The van der Waals surface area contributed by atoms with Crippen LogP contribution in [0.25, 0.3) is 28.2 Å². The van der Waals surface area contributed by atoms with Crippen molar-refractivity contribution in [3.63, 3.8) is 0 Å². The number of nitrogens with zero attached hydrogens (tertiary/aromatic N) is 5. The van der Waals surface area contributed by atoms with Crippen molar-refractivity contribution >= 4 is 0 Å². The van der Waals surface area contributed by atoms with Crippen LogP contribution in [-0.2, 0) is 12.5 Å². The third kappa shape index (κ3) is 3.79. The molecule has 4 aromatic rings. The number of aryl methyl sites for hydroxylation is 1. The SMILES string of the molecule is COc1cc(-c2ccnc(-c3cn(C)c(=O)n3-c3ccc(C(C)(C)C#N)cc3)c2)ccn1. The molecular weight excluding hydrogens is 402 g/mol. The van der Waals surface area contributed by atoms with Gasteiger partial charge in [-0.15, -0.1) is 0 Å². The minimum absolute atomic E-state index is 0.176. The maximum absolute atomic E-state index is 13.0. The fraction of sp³-hybridized carbons (Fsp3) is 0.200. The van der Waals surface area contributed by atoms with Gasteiger partial charge < -0.3 is 9.30 Å². The Morgan fingerprint density at radius 1 is 1.00 bits per heavy atom. The van der Waals surface area contributed by atoms with E-state index in [0.29, 0.717) is 23.0 Å². The number of hydrogen-bond acceptors (Lipinski definition) is 5. The van der Waals surface area contributed by atoms with Gasteiger partial charge in [0.05, 0.1) is 35.7 Å². The second kappa shape index (κ2) is 8.16. The number of aromatic nitrogens is 4. The number of ether oxygens (including phenoxy) is 1. The Bertz CT molecular complexity index is 1370. The van der Waals surface area contributed by atoms with Gasteiger partial charge in [0.1, 0.15) is 0 Å². The zero-order valence-corrected chi connectivity index (χ0v) is 18.4. The summed E-state index contributed by atoms with van der Waals surface area (Å²) in [5.74, 6) is 0.526. The van der Waals surface area contributed by atoms with Crippen molar-refractivity contribution in [3.8, 4) is 40.2 Å². The minimum Gasteiger partial charge on any atom is -0.481 e. The fourth-order valence-electron chi connectivity index (χ4n) is 3.53. The van der Waals surface area contributed by atoms with Gasteiger partial charge in [0.15, 0.2) is 0 Å². The minimum atomic E-state index is -0.607. The third-order valence-corrected chi connectivity index (χ3v) is 5.48. The van der Waals surface area contributed by atoms with E-state index in [-0.39, 0.29) is 5.69 Å². The highest BCUT2D eigenvalue weighted by Crippen LogP contribution is 2.28. The molecule has 160 valence electrons. The molecule has 0 bridgehead atoms. The first-order valence-electron chi connectivity index (χ1n) is 10.1. The predicted octanol–water partition coefficient (Wildman–Crippen LogP) is 4.11. The van der Waals surface area contributed by atoms with Gasteiger partial charge in [-0.2, -0.15) is 5.26 Å². The zero-order valence-electron chi connectivity index (χ0n) is 18.4. The number of rotatable bonds is 5. The Morgan fingerprint density at radius 3 is 2.31 bits per heavy atom. The lowest BCUT2D eigenvalue weighted by Gasteiger charge is -2.16. The molecule has 4 rings (SSSR count). The van der Waals surface area contributed by atoms with Crippen LogP contribution in [0.4, 0.5) is 0 Å². The standard InChI is InChI=1S/C25H23N5O2/c1-25(2,16-26)19-5-7-20(8-6-19)30-22(15-29(3)24(30)31)21-13-17(9-11-27-21)18-10-12-28-23(14-18)32-4/h5-15H,1-4H3. The first-order chi connectivity index (χ1) is 15.3. The molecule has 0 saturated carbocycles. The molecule has 0 saturated heterocycles. The lowest BCUT2D eigenvalue weighted by molar-refractivity contribution is 0.398. The van der Waals surface area contributed by atoms with Crippen LogP contribution in [0.15, 0.2) is 71.9 Å². The summed E-state index contributed by atoms with van der Waals surface area (Å²) in [4.78, 5) is 21.6. The molecular formula is C25H23N5O2. The molecule has 0 radical (unpaired) electrons. The highest BCUT2D eigenvalue weighted by atomic mass is 16.5. The molecule has 0 amide bonds. The average molecular weight is 425 g/mol. The van der Waals surface area contributed by atoms with Gasteiger partial charge in [0.25, 0.3) is 0 Å². The van der Waals surface area contributed by atoms with Crippen LogP contribution in [-0.4, -0.2) is 26.2 Å². The van der Waals surface area contributed by atoms with Crippen LogP contribution in [0.2, 0.25) is 0 Å². The number of imidazole rings is 1. The largest absolute Gasteiger partial charge is 0.481 e. The smallest absolute Gasteiger partial charge is 0.333 e. The summed E-state index contributed by atoms with van der Waals surface area (Å²) in [5.41, 5.74) is 4.03. The van der Waals surface area contributed by atoms with Gasteiger partial charge in [0, 0.05) is 31.7 Å². The van der Waals surface area contributed by atoms with E-state index in [4.69, 9.17) is 4.74 Å². The Kier molecular flexibility index (Phi) is 5.37. The van der Waals surface area contributed by atoms with Gasteiger partial charge in [-0.1, -0.05) is 12.1 Å². The van der Waals surface area contributed by atoms with E-state index < -0.39 is 5.41 Å². The predicted molar refractivity (Wildman–Crippen MR) is 123 cm³/mol. The van der Waals surface area contributed by atoms with Crippen molar-refractivity contribution in [2.24, 2.45) is 7.05 Å². The van der Waals surface area contributed by atoms with E-state index in [1.54, 1.807) is 37.3 Å². The maximum atomic E-state index is 13.0. The van der Waals surface area contributed by atoms with Crippen LogP contribution in [0.5, 0.6) is 5.88 Å². The molecule has 32 heavy (non-hydrogen) atoms. The van der Waals surface area contributed by atoms with Crippen molar-refractivity contribution in [2.45, 2.75) is 19.3 Å². The zero-order chi connectivity index (χ0) is 22.9. The monoisotopic (exact) mass is 425 g/mol. The third-order valence-electron chi connectivity index (χ3n) is 5.48. The Labute approximate surface area is 186 Å². The van der Waals surface area contributed by atoms with Gasteiger partial charge in [-0.25, -0.2) is 9.78 Å². The van der Waals surface area contributed by atoms with Crippen LogP contribution in [0.1, 0.15) is 19.4 Å². The molecule has 3 aromatic heterocycles. The summed E-state index contributed by atoms with van der Waals surface area (Å²) >= 11 is 0. The second-order valence-corrected chi connectivity index (χ2v) is 8.04. The van der Waals surface area contributed by atoms with E-state index in [0.717, 1.165) is 16.7 Å². The number of pyridine rings is 2. The molecule has 0 aliphatic rings. The quantitative estimate of drug-likeness (QED) is 0.480. The molecule has 0 unspecified atom stereocenters. The first-order valence-corrected chi connectivity index (χ1v) is 10.1. The van der Waals surface area contributed by atoms with Crippen LogP contribution in [0.3, 0.4) is 0 Å². The molecule has 3 heterocycles. The van der Waals surface area contributed by atoms with E-state index in [1.165, 1.54) is 4.57 Å². The fourth-order valence-corrected chi connectivity index (χ4v) is 3.53. The molecule has 7 nitrogen and oxygen atoms in total. The summed E-state index contributed by atoms with van der Waals surface area (Å²) in [6.07, 6.45) is 5.18. The average Bonchev–Trinajstić information content (AvgIpc) is 3.13. The molecule has 0 spiro atoms. The van der Waals surface area contributed by atoms with Crippen molar-refractivity contribution in [2.75, 3.05) is 7.11 Å². The van der Waals surface area contributed by atoms with E-state index in [1.807, 2.05) is 62.4 Å².